The Morgan fingerprint density at radius 3 is 2.79 bits per heavy atom. The standard InChI is InChI=1S/C14H21N4.ClH/c1-12-10-13(4-5-14(12)15)16-6-3-7-18-9-8-17(2)11-18;/h4-5,8-11,16H,3,6-7,15H2,1-2H3;1H/q+1;/p-1. The molecule has 0 atom stereocenters. The van der Waals surface area contributed by atoms with Crippen LogP contribution in [0.25, 0.3) is 0 Å². The third kappa shape index (κ3) is 4.48. The summed E-state index contributed by atoms with van der Waals surface area (Å²) in [6.07, 6.45) is 7.33. The number of rotatable bonds is 5. The number of hydrogen-bond acceptors (Lipinski definition) is 2. The van der Waals surface area contributed by atoms with Crippen molar-refractivity contribution in [2.75, 3.05) is 17.6 Å². The predicted octanol–water partition coefficient (Wildman–Crippen LogP) is -1.29. The molecule has 0 spiro atoms. The molecule has 0 amide bonds. The Kier molecular flexibility index (Phi) is 5.70. The van der Waals surface area contributed by atoms with Gasteiger partial charge < -0.3 is 23.5 Å². The fraction of sp³-hybridized carbons (Fsp3) is 0.357. The van der Waals surface area contributed by atoms with Gasteiger partial charge in [-0.1, -0.05) is 0 Å². The van der Waals surface area contributed by atoms with Gasteiger partial charge in [-0.05, 0) is 30.7 Å². The van der Waals surface area contributed by atoms with Crippen molar-refractivity contribution in [1.29, 1.82) is 0 Å². The number of nitrogen functional groups attached to an aromatic ring is 1. The second kappa shape index (κ2) is 7.04. The molecular formula is C14H21ClN4. The zero-order chi connectivity index (χ0) is 13.0. The average molecular weight is 281 g/mol. The molecule has 0 unspecified atom stereocenters. The van der Waals surface area contributed by atoms with Crippen LogP contribution in [0.2, 0.25) is 0 Å². The Hall–Kier alpha value is -1.68. The molecule has 0 radical (unpaired) electrons. The molecule has 0 fully saturated rings. The minimum atomic E-state index is 0. The van der Waals surface area contributed by atoms with Gasteiger partial charge in [0.1, 0.15) is 12.4 Å². The maximum atomic E-state index is 5.79. The minimum Gasteiger partial charge on any atom is -1.00 e. The van der Waals surface area contributed by atoms with Gasteiger partial charge in [0.15, 0.2) is 0 Å². The second-order valence-electron chi connectivity index (χ2n) is 4.67. The fourth-order valence-corrected chi connectivity index (χ4v) is 1.91. The summed E-state index contributed by atoms with van der Waals surface area (Å²) < 4.78 is 4.24. The summed E-state index contributed by atoms with van der Waals surface area (Å²) in [5.74, 6) is 0. The van der Waals surface area contributed by atoms with Gasteiger partial charge in [-0.2, -0.15) is 0 Å². The molecule has 4 nitrogen and oxygen atoms in total. The number of nitrogens with two attached hydrogens (primary N) is 1. The zero-order valence-corrected chi connectivity index (χ0v) is 12.2. The van der Waals surface area contributed by atoms with Crippen LogP contribution in [0.15, 0.2) is 36.9 Å². The molecule has 5 heteroatoms. The SMILES string of the molecule is Cc1cc(NCCCn2cc[n+](C)c2)ccc1N.[Cl-]. The van der Waals surface area contributed by atoms with Crippen LogP contribution in [0.4, 0.5) is 11.4 Å². The first-order valence-electron chi connectivity index (χ1n) is 6.26. The highest BCUT2D eigenvalue weighted by molar-refractivity contribution is 5.56. The van der Waals surface area contributed by atoms with Crippen molar-refractivity contribution in [2.24, 2.45) is 7.05 Å². The number of nitrogens with zero attached hydrogens (tertiary/aromatic N) is 2. The van der Waals surface area contributed by atoms with Crippen LogP contribution in [0.3, 0.4) is 0 Å². The van der Waals surface area contributed by atoms with Crippen molar-refractivity contribution in [3.05, 3.63) is 42.5 Å². The quantitative estimate of drug-likeness (QED) is 0.407. The second-order valence-corrected chi connectivity index (χ2v) is 4.67. The zero-order valence-electron chi connectivity index (χ0n) is 11.4. The van der Waals surface area contributed by atoms with Gasteiger partial charge in [0.25, 0.3) is 0 Å². The van der Waals surface area contributed by atoms with Crippen LogP contribution < -0.4 is 28.0 Å². The van der Waals surface area contributed by atoms with E-state index in [2.05, 4.69) is 39.2 Å². The Morgan fingerprint density at radius 1 is 1.37 bits per heavy atom. The highest BCUT2D eigenvalue weighted by Crippen LogP contribution is 2.16. The Balaban J connectivity index is 0.00000180. The molecule has 0 saturated carbocycles. The van der Waals surface area contributed by atoms with Crippen molar-refractivity contribution < 1.29 is 17.0 Å². The number of aromatic nitrogens is 2. The number of aryl methyl sites for hydroxylation is 3. The molecule has 19 heavy (non-hydrogen) atoms. The molecule has 1 aromatic heterocycles. The van der Waals surface area contributed by atoms with Crippen molar-refractivity contribution in [3.63, 3.8) is 0 Å². The lowest BCUT2D eigenvalue weighted by atomic mass is 10.2. The molecule has 2 aromatic rings. The maximum absolute atomic E-state index is 5.79. The number of benzene rings is 1. The summed E-state index contributed by atoms with van der Waals surface area (Å²) in [6.45, 7) is 4.02. The smallest absolute Gasteiger partial charge is 0.243 e. The van der Waals surface area contributed by atoms with Crippen molar-refractivity contribution in [1.82, 2.24) is 4.57 Å². The molecular weight excluding hydrogens is 260 g/mol. The van der Waals surface area contributed by atoms with E-state index >= 15 is 0 Å². The van der Waals surface area contributed by atoms with Crippen molar-refractivity contribution >= 4 is 11.4 Å². The van der Waals surface area contributed by atoms with Gasteiger partial charge >= 0.3 is 0 Å². The summed E-state index contributed by atoms with van der Waals surface area (Å²) in [4.78, 5) is 0. The number of nitrogens with one attached hydrogen (secondary N) is 1. The van der Waals surface area contributed by atoms with Gasteiger partial charge in [0.2, 0.25) is 6.33 Å². The Bertz CT molecular complexity index is 522. The molecule has 0 saturated heterocycles. The molecule has 0 aliphatic carbocycles. The Morgan fingerprint density at radius 2 is 2.16 bits per heavy atom. The Labute approximate surface area is 120 Å². The van der Waals surface area contributed by atoms with Gasteiger partial charge in [0.05, 0.1) is 13.6 Å². The molecule has 0 aliphatic rings. The molecule has 1 aromatic carbocycles. The fourth-order valence-electron chi connectivity index (χ4n) is 1.91. The predicted molar refractivity (Wildman–Crippen MR) is 74.3 cm³/mol. The summed E-state index contributed by atoms with van der Waals surface area (Å²) in [6, 6.07) is 6.06. The van der Waals surface area contributed by atoms with Crippen LogP contribution in [0, 0.1) is 6.92 Å². The van der Waals surface area contributed by atoms with Gasteiger partial charge in [0, 0.05) is 24.3 Å². The molecule has 1 heterocycles. The van der Waals surface area contributed by atoms with E-state index < -0.39 is 0 Å². The summed E-state index contributed by atoms with van der Waals surface area (Å²) >= 11 is 0. The normalized spacial score (nSPS) is 10.0. The van der Waals surface area contributed by atoms with Crippen LogP contribution >= 0.6 is 0 Å². The van der Waals surface area contributed by atoms with Gasteiger partial charge in [-0.3, -0.25) is 0 Å². The number of halogens is 1. The number of imidazole rings is 1. The lowest BCUT2D eigenvalue weighted by molar-refractivity contribution is -0.671. The van der Waals surface area contributed by atoms with Crippen LogP contribution in [-0.2, 0) is 13.6 Å². The van der Waals surface area contributed by atoms with Crippen LogP contribution in [-0.4, -0.2) is 11.1 Å². The molecule has 3 N–H and O–H groups in total. The molecule has 104 valence electrons. The first-order chi connectivity index (χ1) is 8.65. The summed E-state index contributed by atoms with van der Waals surface area (Å²) in [7, 11) is 2.03. The maximum Gasteiger partial charge on any atom is 0.243 e. The van der Waals surface area contributed by atoms with E-state index in [-0.39, 0.29) is 12.4 Å². The summed E-state index contributed by atoms with van der Waals surface area (Å²) in [5.41, 5.74) is 8.90. The third-order valence-electron chi connectivity index (χ3n) is 3.02. The van der Waals surface area contributed by atoms with E-state index in [1.807, 2.05) is 26.1 Å². The average Bonchev–Trinajstić information content (AvgIpc) is 2.75. The monoisotopic (exact) mass is 280 g/mol. The van der Waals surface area contributed by atoms with E-state index in [9.17, 15) is 0 Å². The van der Waals surface area contributed by atoms with Crippen LogP contribution in [0.1, 0.15) is 12.0 Å². The highest BCUT2D eigenvalue weighted by atomic mass is 35.5. The largest absolute Gasteiger partial charge is 1.00 e. The van der Waals surface area contributed by atoms with E-state index in [1.165, 1.54) is 0 Å². The number of hydrogen-bond donors (Lipinski definition) is 2. The lowest BCUT2D eigenvalue weighted by Crippen LogP contribution is -3.00. The van der Waals surface area contributed by atoms with Crippen molar-refractivity contribution in [3.8, 4) is 0 Å². The molecule has 0 aliphatic heterocycles. The molecule has 2 rings (SSSR count). The minimum absolute atomic E-state index is 0. The van der Waals surface area contributed by atoms with E-state index in [0.717, 1.165) is 36.4 Å². The van der Waals surface area contributed by atoms with E-state index in [4.69, 9.17) is 5.73 Å². The highest BCUT2D eigenvalue weighted by Gasteiger charge is 2.00. The first-order valence-corrected chi connectivity index (χ1v) is 6.26. The van der Waals surface area contributed by atoms with Crippen LogP contribution in [0.5, 0.6) is 0 Å². The lowest BCUT2D eigenvalue weighted by Gasteiger charge is -2.07. The topological polar surface area (TPSA) is 46.9 Å². The molecule has 0 bridgehead atoms. The van der Waals surface area contributed by atoms with E-state index in [1.54, 1.807) is 0 Å². The van der Waals surface area contributed by atoms with Gasteiger partial charge in [-0.15, -0.1) is 0 Å². The number of anilines is 2. The van der Waals surface area contributed by atoms with Gasteiger partial charge in [-0.25, -0.2) is 9.13 Å². The first kappa shape index (κ1) is 15.4. The van der Waals surface area contributed by atoms with E-state index in [0.29, 0.717) is 0 Å². The third-order valence-corrected chi connectivity index (χ3v) is 3.02. The van der Waals surface area contributed by atoms with Crippen molar-refractivity contribution in [2.45, 2.75) is 19.9 Å². The summed E-state index contributed by atoms with van der Waals surface area (Å²) in [5, 5.41) is 3.41.